The van der Waals surface area contributed by atoms with Gasteiger partial charge in [0.25, 0.3) is 0 Å². The summed E-state index contributed by atoms with van der Waals surface area (Å²) in [4.78, 5) is 13.4. The third kappa shape index (κ3) is 3.88. The molecule has 1 nitrogen and oxygen atoms in total. The van der Waals surface area contributed by atoms with Crippen molar-refractivity contribution < 1.29 is 4.79 Å². The van der Waals surface area contributed by atoms with E-state index in [0.717, 1.165) is 18.8 Å². The molecule has 2 heteroatoms. The lowest BCUT2D eigenvalue weighted by atomic mass is 9.78. The van der Waals surface area contributed by atoms with Gasteiger partial charge in [-0.25, -0.2) is 0 Å². The number of Topliss-reactive ketones (excluding diaryl/α,β-unsaturated/α-hetero) is 1. The van der Waals surface area contributed by atoms with Crippen molar-refractivity contribution in [2.75, 3.05) is 5.75 Å². The minimum absolute atomic E-state index is 0.333. The van der Waals surface area contributed by atoms with Gasteiger partial charge in [-0.05, 0) is 30.9 Å². The molecule has 2 rings (SSSR count). The van der Waals surface area contributed by atoms with Crippen LogP contribution in [-0.2, 0) is 4.79 Å². The van der Waals surface area contributed by atoms with E-state index in [2.05, 4.69) is 19.1 Å². The molecule has 1 aliphatic carbocycles. The predicted molar refractivity (Wildman–Crippen MR) is 77.9 cm³/mol. The lowest BCUT2D eigenvalue weighted by Crippen LogP contribution is -2.24. The number of ketones is 1. The van der Waals surface area contributed by atoms with E-state index in [-0.39, 0.29) is 0 Å². The Hall–Kier alpha value is -0.760. The van der Waals surface area contributed by atoms with Crippen LogP contribution >= 0.6 is 11.8 Å². The molecule has 1 aromatic rings. The normalized spacial score (nSPS) is 23.8. The fraction of sp³-hybridized carbons (Fsp3) is 0.562. The highest BCUT2D eigenvalue weighted by Crippen LogP contribution is 2.32. The SMILES string of the molecule is CCC1CCCC(C(=O)CSc2ccccc2)C1. The number of carbonyl (C=O) groups excluding carboxylic acids is 1. The summed E-state index contributed by atoms with van der Waals surface area (Å²) in [6.45, 7) is 2.25. The van der Waals surface area contributed by atoms with E-state index >= 15 is 0 Å². The highest BCUT2D eigenvalue weighted by molar-refractivity contribution is 8.00. The summed E-state index contributed by atoms with van der Waals surface area (Å²) < 4.78 is 0. The average molecular weight is 262 g/mol. The summed E-state index contributed by atoms with van der Waals surface area (Å²) >= 11 is 1.68. The Morgan fingerprint density at radius 3 is 2.78 bits per heavy atom. The lowest BCUT2D eigenvalue weighted by Gasteiger charge is -2.27. The smallest absolute Gasteiger partial charge is 0.146 e. The molecule has 0 heterocycles. The van der Waals surface area contributed by atoms with Gasteiger partial charge < -0.3 is 0 Å². The van der Waals surface area contributed by atoms with Gasteiger partial charge in [0.1, 0.15) is 5.78 Å². The van der Waals surface area contributed by atoms with Gasteiger partial charge >= 0.3 is 0 Å². The maximum absolute atomic E-state index is 12.2. The van der Waals surface area contributed by atoms with E-state index in [0.29, 0.717) is 17.5 Å². The summed E-state index contributed by atoms with van der Waals surface area (Å²) in [5, 5.41) is 0. The Labute approximate surface area is 114 Å². The monoisotopic (exact) mass is 262 g/mol. The summed E-state index contributed by atoms with van der Waals surface area (Å²) in [6.07, 6.45) is 6.04. The topological polar surface area (TPSA) is 17.1 Å². The van der Waals surface area contributed by atoms with Gasteiger partial charge in [-0.1, -0.05) is 44.4 Å². The molecule has 0 spiro atoms. The van der Waals surface area contributed by atoms with Crippen molar-refractivity contribution in [3.8, 4) is 0 Å². The van der Waals surface area contributed by atoms with Crippen molar-refractivity contribution in [2.45, 2.75) is 43.9 Å². The number of carbonyl (C=O) groups is 1. The van der Waals surface area contributed by atoms with Crippen LogP contribution in [0.4, 0.5) is 0 Å². The molecule has 18 heavy (non-hydrogen) atoms. The van der Waals surface area contributed by atoms with Crippen LogP contribution in [0.15, 0.2) is 35.2 Å². The maximum atomic E-state index is 12.2. The Bertz CT molecular complexity index is 374. The largest absolute Gasteiger partial charge is 0.298 e. The van der Waals surface area contributed by atoms with E-state index in [9.17, 15) is 4.79 Å². The molecule has 0 aromatic heterocycles. The van der Waals surface area contributed by atoms with E-state index in [4.69, 9.17) is 0 Å². The molecular weight excluding hydrogens is 240 g/mol. The summed E-state index contributed by atoms with van der Waals surface area (Å²) in [5.41, 5.74) is 0. The van der Waals surface area contributed by atoms with Crippen LogP contribution in [0.3, 0.4) is 0 Å². The molecule has 0 saturated heterocycles. The fourth-order valence-corrected chi connectivity index (χ4v) is 3.64. The summed E-state index contributed by atoms with van der Waals surface area (Å²) in [7, 11) is 0. The zero-order chi connectivity index (χ0) is 12.8. The molecule has 1 aliphatic rings. The van der Waals surface area contributed by atoms with Crippen LogP contribution in [0.1, 0.15) is 39.0 Å². The van der Waals surface area contributed by atoms with E-state index < -0.39 is 0 Å². The molecule has 0 bridgehead atoms. The molecule has 2 unspecified atom stereocenters. The van der Waals surface area contributed by atoms with Crippen LogP contribution in [0.5, 0.6) is 0 Å². The second kappa shape index (κ2) is 6.98. The van der Waals surface area contributed by atoms with Gasteiger partial charge in [0.05, 0.1) is 5.75 Å². The summed E-state index contributed by atoms with van der Waals surface area (Å²) in [5.74, 6) is 2.22. The highest BCUT2D eigenvalue weighted by Gasteiger charge is 2.25. The third-order valence-corrected chi connectivity index (χ3v) is 4.97. The van der Waals surface area contributed by atoms with Crippen LogP contribution in [0.2, 0.25) is 0 Å². The second-order valence-corrected chi connectivity index (χ2v) is 6.25. The van der Waals surface area contributed by atoms with Crippen LogP contribution in [-0.4, -0.2) is 11.5 Å². The number of benzene rings is 1. The van der Waals surface area contributed by atoms with Crippen molar-refractivity contribution >= 4 is 17.5 Å². The number of thioether (sulfide) groups is 1. The van der Waals surface area contributed by atoms with E-state index in [1.165, 1.54) is 24.2 Å². The Morgan fingerprint density at radius 2 is 2.06 bits per heavy atom. The predicted octanol–water partition coefficient (Wildman–Crippen LogP) is 4.56. The van der Waals surface area contributed by atoms with Crippen molar-refractivity contribution in [2.24, 2.45) is 11.8 Å². The first-order valence-corrected chi connectivity index (χ1v) is 7.98. The Morgan fingerprint density at radius 1 is 1.28 bits per heavy atom. The molecule has 1 saturated carbocycles. The first kappa shape index (κ1) is 13.7. The fourth-order valence-electron chi connectivity index (χ4n) is 2.74. The summed E-state index contributed by atoms with van der Waals surface area (Å²) in [6, 6.07) is 10.2. The van der Waals surface area contributed by atoms with Crippen LogP contribution in [0.25, 0.3) is 0 Å². The van der Waals surface area contributed by atoms with E-state index in [1.807, 2.05) is 18.2 Å². The lowest BCUT2D eigenvalue weighted by molar-refractivity contribution is -0.121. The Balaban J connectivity index is 1.81. The molecule has 98 valence electrons. The van der Waals surface area contributed by atoms with Gasteiger partial charge in [-0.15, -0.1) is 11.8 Å². The zero-order valence-electron chi connectivity index (χ0n) is 11.1. The van der Waals surface area contributed by atoms with Gasteiger partial charge in [0.2, 0.25) is 0 Å². The molecule has 0 radical (unpaired) electrons. The molecule has 0 amide bonds. The first-order valence-electron chi connectivity index (χ1n) is 7.00. The number of rotatable bonds is 5. The maximum Gasteiger partial charge on any atom is 0.146 e. The second-order valence-electron chi connectivity index (χ2n) is 5.21. The standard InChI is InChI=1S/C16H22OS/c1-2-13-7-6-8-14(11-13)16(17)12-18-15-9-4-3-5-10-15/h3-5,9-10,13-14H,2,6-8,11-12H2,1H3. The van der Waals surface area contributed by atoms with Gasteiger partial charge in [-0.3, -0.25) is 4.79 Å². The minimum Gasteiger partial charge on any atom is -0.298 e. The molecule has 1 fully saturated rings. The van der Waals surface area contributed by atoms with Crippen molar-refractivity contribution in [3.05, 3.63) is 30.3 Å². The van der Waals surface area contributed by atoms with Crippen molar-refractivity contribution in [1.29, 1.82) is 0 Å². The van der Waals surface area contributed by atoms with Crippen molar-refractivity contribution in [1.82, 2.24) is 0 Å². The Kier molecular flexibility index (Phi) is 5.30. The van der Waals surface area contributed by atoms with Gasteiger partial charge in [0, 0.05) is 10.8 Å². The van der Waals surface area contributed by atoms with Crippen molar-refractivity contribution in [3.63, 3.8) is 0 Å². The number of hydrogen-bond donors (Lipinski definition) is 0. The van der Waals surface area contributed by atoms with Crippen LogP contribution < -0.4 is 0 Å². The molecule has 1 aromatic carbocycles. The molecule has 0 N–H and O–H groups in total. The van der Waals surface area contributed by atoms with Gasteiger partial charge in [0.15, 0.2) is 0 Å². The van der Waals surface area contributed by atoms with E-state index in [1.54, 1.807) is 11.8 Å². The first-order chi connectivity index (χ1) is 8.79. The highest BCUT2D eigenvalue weighted by atomic mass is 32.2. The van der Waals surface area contributed by atoms with Gasteiger partial charge in [-0.2, -0.15) is 0 Å². The average Bonchev–Trinajstić information content (AvgIpc) is 2.46. The minimum atomic E-state index is 0.333. The van der Waals surface area contributed by atoms with Crippen LogP contribution in [0, 0.1) is 11.8 Å². The third-order valence-electron chi connectivity index (χ3n) is 3.94. The quantitative estimate of drug-likeness (QED) is 0.723. The molecule has 0 aliphatic heterocycles. The number of hydrogen-bond acceptors (Lipinski definition) is 2. The molecular formula is C16H22OS. The molecule has 2 atom stereocenters. The zero-order valence-corrected chi connectivity index (χ0v) is 11.9.